The Hall–Kier alpha value is -2.42. The van der Waals surface area contributed by atoms with E-state index in [4.69, 9.17) is 14.7 Å². The SMILES string of the molecule is N#CCc1ccc2c(c1)C1OCCOC1C(c1cccc(F)c1)N2. The molecular formula is C19H17FN2O2. The van der Waals surface area contributed by atoms with Gasteiger partial charge >= 0.3 is 0 Å². The van der Waals surface area contributed by atoms with Crippen LogP contribution in [0.2, 0.25) is 0 Å². The monoisotopic (exact) mass is 324 g/mol. The van der Waals surface area contributed by atoms with E-state index in [0.717, 1.165) is 22.4 Å². The Bertz CT molecular complexity index is 802. The van der Waals surface area contributed by atoms with Gasteiger partial charge in [-0.25, -0.2) is 4.39 Å². The molecule has 4 nitrogen and oxygen atoms in total. The predicted octanol–water partition coefficient (Wildman–Crippen LogP) is 3.52. The summed E-state index contributed by atoms with van der Waals surface area (Å²) in [6, 6.07) is 14.4. The zero-order valence-electron chi connectivity index (χ0n) is 13.0. The molecule has 122 valence electrons. The minimum Gasteiger partial charge on any atom is -0.375 e. The first-order valence-electron chi connectivity index (χ1n) is 8.01. The first kappa shape index (κ1) is 15.1. The van der Waals surface area contributed by atoms with Gasteiger partial charge in [0.2, 0.25) is 0 Å². The van der Waals surface area contributed by atoms with Crippen LogP contribution in [0.3, 0.4) is 0 Å². The van der Waals surface area contributed by atoms with Crippen molar-refractivity contribution in [2.75, 3.05) is 18.5 Å². The fourth-order valence-corrected chi connectivity index (χ4v) is 3.48. The summed E-state index contributed by atoms with van der Waals surface area (Å²) >= 11 is 0. The van der Waals surface area contributed by atoms with Crippen molar-refractivity contribution in [3.63, 3.8) is 0 Å². The number of hydrogen-bond acceptors (Lipinski definition) is 4. The molecule has 2 aliphatic heterocycles. The maximum Gasteiger partial charge on any atom is 0.123 e. The summed E-state index contributed by atoms with van der Waals surface area (Å²) in [5.74, 6) is -0.266. The van der Waals surface area contributed by atoms with Gasteiger partial charge in [0.25, 0.3) is 0 Å². The molecule has 0 spiro atoms. The second-order valence-corrected chi connectivity index (χ2v) is 6.06. The summed E-state index contributed by atoms with van der Waals surface area (Å²) in [6.45, 7) is 1.04. The third-order valence-electron chi connectivity index (χ3n) is 4.54. The van der Waals surface area contributed by atoms with Gasteiger partial charge in [-0.2, -0.15) is 5.26 Å². The molecule has 1 saturated heterocycles. The molecule has 0 saturated carbocycles. The summed E-state index contributed by atoms with van der Waals surface area (Å²) in [5, 5.41) is 12.4. The number of nitrogens with zero attached hydrogens (tertiary/aromatic N) is 1. The summed E-state index contributed by atoms with van der Waals surface area (Å²) in [6.07, 6.45) is -0.0916. The molecule has 4 rings (SSSR count). The van der Waals surface area contributed by atoms with Crippen LogP contribution in [0.1, 0.15) is 28.8 Å². The number of nitriles is 1. The van der Waals surface area contributed by atoms with Crippen LogP contribution in [0.4, 0.5) is 10.1 Å². The lowest BCUT2D eigenvalue weighted by Gasteiger charge is -2.43. The molecule has 5 heteroatoms. The molecule has 2 heterocycles. The van der Waals surface area contributed by atoms with Crippen LogP contribution in [-0.2, 0) is 15.9 Å². The molecule has 3 atom stereocenters. The average molecular weight is 324 g/mol. The molecule has 24 heavy (non-hydrogen) atoms. The minimum atomic E-state index is -0.266. The summed E-state index contributed by atoms with van der Waals surface area (Å²) in [5.41, 5.74) is 3.73. The number of benzene rings is 2. The van der Waals surface area contributed by atoms with Crippen molar-refractivity contribution in [1.29, 1.82) is 5.26 Å². The Balaban J connectivity index is 1.76. The zero-order valence-corrected chi connectivity index (χ0v) is 13.0. The number of halogens is 1. The average Bonchev–Trinajstić information content (AvgIpc) is 2.61. The van der Waals surface area contributed by atoms with Gasteiger partial charge in [-0.15, -0.1) is 0 Å². The van der Waals surface area contributed by atoms with Crippen molar-refractivity contribution in [1.82, 2.24) is 0 Å². The molecule has 2 aliphatic rings. The first-order valence-corrected chi connectivity index (χ1v) is 8.01. The summed E-state index contributed by atoms with van der Waals surface area (Å²) in [7, 11) is 0. The quantitative estimate of drug-likeness (QED) is 0.918. The standard InChI is InChI=1S/C19H17FN2O2/c20-14-3-1-2-13(11-14)17-19-18(23-8-9-24-19)15-10-12(6-7-21)4-5-16(15)22-17/h1-5,10-11,17-19,22H,6,8-9H2. The van der Waals surface area contributed by atoms with Crippen LogP contribution < -0.4 is 5.32 Å². The van der Waals surface area contributed by atoms with Gasteiger partial charge in [-0.1, -0.05) is 18.2 Å². The van der Waals surface area contributed by atoms with E-state index in [-0.39, 0.29) is 24.1 Å². The van der Waals surface area contributed by atoms with E-state index in [9.17, 15) is 4.39 Å². The van der Waals surface area contributed by atoms with E-state index in [1.807, 2.05) is 24.3 Å². The fourth-order valence-electron chi connectivity index (χ4n) is 3.48. The molecule has 0 aliphatic carbocycles. The van der Waals surface area contributed by atoms with Crippen molar-refractivity contribution in [2.24, 2.45) is 0 Å². The molecule has 2 aromatic rings. The van der Waals surface area contributed by atoms with Crippen LogP contribution in [0.5, 0.6) is 0 Å². The van der Waals surface area contributed by atoms with Gasteiger partial charge in [0.1, 0.15) is 18.0 Å². The number of hydrogen-bond donors (Lipinski definition) is 1. The van der Waals surface area contributed by atoms with Crippen molar-refractivity contribution >= 4 is 5.69 Å². The third-order valence-corrected chi connectivity index (χ3v) is 4.54. The number of anilines is 1. The topological polar surface area (TPSA) is 54.3 Å². The highest BCUT2D eigenvalue weighted by Crippen LogP contribution is 2.44. The summed E-state index contributed by atoms with van der Waals surface area (Å²) in [4.78, 5) is 0. The Morgan fingerprint density at radius 3 is 2.88 bits per heavy atom. The highest BCUT2D eigenvalue weighted by molar-refractivity contribution is 5.59. The molecule has 2 aromatic carbocycles. The van der Waals surface area contributed by atoms with Crippen LogP contribution in [-0.4, -0.2) is 19.3 Å². The van der Waals surface area contributed by atoms with E-state index < -0.39 is 0 Å². The number of nitrogens with one attached hydrogen (secondary N) is 1. The lowest BCUT2D eigenvalue weighted by Crippen LogP contribution is -2.43. The van der Waals surface area contributed by atoms with E-state index in [0.29, 0.717) is 19.6 Å². The Labute approximate surface area is 139 Å². The Morgan fingerprint density at radius 2 is 2.04 bits per heavy atom. The molecule has 0 bridgehead atoms. The largest absolute Gasteiger partial charge is 0.375 e. The maximum atomic E-state index is 13.6. The highest BCUT2D eigenvalue weighted by atomic mass is 19.1. The molecule has 3 unspecified atom stereocenters. The molecule has 1 N–H and O–H groups in total. The van der Waals surface area contributed by atoms with E-state index in [1.165, 1.54) is 12.1 Å². The van der Waals surface area contributed by atoms with Crippen molar-refractivity contribution in [3.8, 4) is 6.07 Å². The smallest absolute Gasteiger partial charge is 0.123 e. The Kier molecular flexibility index (Phi) is 3.93. The Morgan fingerprint density at radius 1 is 1.17 bits per heavy atom. The van der Waals surface area contributed by atoms with Crippen LogP contribution in [0.15, 0.2) is 42.5 Å². The second-order valence-electron chi connectivity index (χ2n) is 6.06. The lowest BCUT2D eigenvalue weighted by molar-refractivity contribution is -0.151. The van der Waals surface area contributed by atoms with Crippen LogP contribution in [0, 0.1) is 17.1 Å². The number of fused-ring (bicyclic) bond motifs is 3. The van der Waals surface area contributed by atoms with Gasteiger partial charge in [-0.3, -0.25) is 0 Å². The van der Waals surface area contributed by atoms with E-state index in [2.05, 4.69) is 11.4 Å². The van der Waals surface area contributed by atoms with Gasteiger partial charge in [-0.05, 0) is 35.4 Å². The van der Waals surface area contributed by atoms with Crippen LogP contribution >= 0.6 is 0 Å². The molecule has 0 amide bonds. The summed E-state index contributed by atoms with van der Waals surface area (Å²) < 4.78 is 25.6. The molecule has 0 radical (unpaired) electrons. The minimum absolute atomic E-state index is 0.180. The zero-order chi connectivity index (χ0) is 16.5. The van der Waals surface area contributed by atoms with E-state index >= 15 is 0 Å². The van der Waals surface area contributed by atoms with Gasteiger partial charge in [0.15, 0.2) is 0 Å². The molecule has 1 fully saturated rings. The highest BCUT2D eigenvalue weighted by Gasteiger charge is 2.41. The lowest BCUT2D eigenvalue weighted by atomic mass is 9.86. The van der Waals surface area contributed by atoms with Gasteiger partial charge in [0, 0.05) is 11.3 Å². The fraction of sp³-hybridized carbons (Fsp3) is 0.316. The number of rotatable bonds is 2. The van der Waals surface area contributed by atoms with E-state index in [1.54, 1.807) is 6.07 Å². The van der Waals surface area contributed by atoms with Gasteiger partial charge in [0.05, 0.1) is 31.7 Å². The molecule has 0 aromatic heterocycles. The van der Waals surface area contributed by atoms with Crippen LogP contribution in [0.25, 0.3) is 0 Å². The third kappa shape index (κ3) is 2.64. The van der Waals surface area contributed by atoms with Gasteiger partial charge < -0.3 is 14.8 Å². The second kappa shape index (κ2) is 6.23. The van der Waals surface area contributed by atoms with Crippen molar-refractivity contribution in [2.45, 2.75) is 24.7 Å². The molecular weight excluding hydrogens is 307 g/mol. The predicted molar refractivity (Wildman–Crippen MR) is 87.0 cm³/mol. The normalized spacial score (nSPS) is 25.1. The van der Waals surface area contributed by atoms with Crippen molar-refractivity contribution in [3.05, 3.63) is 65.0 Å². The maximum absolute atomic E-state index is 13.6. The first-order chi connectivity index (χ1) is 11.8. The van der Waals surface area contributed by atoms with Crippen molar-refractivity contribution < 1.29 is 13.9 Å². The number of ether oxygens (including phenoxy) is 2.